The molecule has 0 aromatic heterocycles. The molecule has 1 aliphatic heterocycles. The molecule has 162 valence electrons. The summed E-state index contributed by atoms with van der Waals surface area (Å²) in [6.45, 7) is 4.34. The second kappa shape index (κ2) is 9.88. The summed E-state index contributed by atoms with van der Waals surface area (Å²) >= 11 is 0. The van der Waals surface area contributed by atoms with Gasteiger partial charge in [-0.1, -0.05) is 24.3 Å². The molecule has 0 aliphatic carbocycles. The summed E-state index contributed by atoms with van der Waals surface area (Å²) in [5.74, 6) is -0.541. The predicted octanol–water partition coefficient (Wildman–Crippen LogP) is 2.80. The molecule has 3 N–H and O–H groups in total. The molecule has 2 aromatic rings. The SMILES string of the molecule is CC(C)NC(=O)Nc1ccc(CNC(=O)c2ccc(CN3C(=O)CCC3=O)cc2)cc1. The fourth-order valence-electron chi connectivity index (χ4n) is 3.16. The number of nitrogens with zero attached hydrogens (tertiary/aromatic N) is 1. The topological polar surface area (TPSA) is 108 Å². The van der Waals surface area contributed by atoms with E-state index in [2.05, 4.69) is 16.0 Å². The third-order valence-corrected chi connectivity index (χ3v) is 4.80. The lowest BCUT2D eigenvalue weighted by molar-refractivity contribution is -0.139. The van der Waals surface area contributed by atoms with Gasteiger partial charge in [-0.05, 0) is 49.2 Å². The largest absolute Gasteiger partial charge is 0.348 e. The maximum Gasteiger partial charge on any atom is 0.319 e. The van der Waals surface area contributed by atoms with Gasteiger partial charge in [-0.3, -0.25) is 19.3 Å². The van der Waals surface area contributed by atoms with Gasteiger partial charge in [0.25, 0.3) is 5.91 Å². The Morgan fingerprint density at radius 1 is 0.903 bits per heavy atom. The van der Waals surface area contributed by atoms with Crippen LogP contribution >= 0.6 is 0 Å². The molecule has 0 saturated carbocycles. The van der Waals surface area contributed by atoms with Gasteiger partial charge in [-0.15, -0.1) is 0 Å². The van der Waals surface area contributed by atoms with Crippen LogP contribution in [0.1, 0.15) is 48.2 Å². The number of anilines is 1. The predicted molar refractivity (Wildman–Crippen MR) is 116 cm³/mol. The van der Waals surface area contributed by atoms with Crippen molar-refractivity contribution in [1.82, 2.24) is 15.5 Å². The maximum atomic E-state index is 12.4. The number of amides is 5. The minimum Gasteiger partial charge on any atom is -0.348 e. The summed E-state index contributed by atoms with van der Waals surface area (Å²) in [7, 11) is 0. The highest BCUT2D eigenvalue weighted by atomic mass is 16.2. The first-order chi connectivity index (χ1) is 14.8. The molecule has 8 nitrogen and oxygen atoms in total. The molecule has 0 radical (unpaired) electrons. The minimum atomic E-state index is -0.266. The van der Waals surface area contributed by atoms with Gasteiger partial charge >= 0.3 is 6.03 Å². The summed E-state index contributed by atoms with van der Waals surface area (Å²) in [6.07, 6.45) is 0.531. The third-order valence-electron chi connectivity index (χ3n) is 4.80. The van der Waals surface area contributed by atoms with Crippen molar-refractivity contribution in [3.05, 3.63) is 65.2 Å². The zero-order valence-electron chi connectivity index (χ0n) is 17.6. The van der Waals surface area contributed by atoms with Crippen molar-refractivity contribution in [3.63, 3.8) is 0 Å². The van der Waals surface area contributed by atoms with Crippen LogP contribution in [-0.4, -0.2) is 34.7 Å². The number of nitrogens with one attached hydrogen (secondary N) is 3. The number of benzene rings is 2. The first kappa shape index (κ1) is 22.0. The summed E-state index contributed by atoms with van der Waals surface area (Å²) in [5, 5.41) is 8.34. The van der Waals surface area contributed by atoms with Crippen LogP contribution < -0.4 is 16.0 Å². The second-order valence-corrected chi connectivity index (χ2v) is 7.70. The van der Waals surface area contributed by atoms with Gasteiger partial charge in [0, 0.05) is 36.7 Å². The van der Waals surface area contributed by atoms with Crippen molar-refractivity contribution < 1.29 is 19.2 Å². The molecule has 0 bridgehead atoms. The zero-order chi connectivity index (χ0) is 22.4. The lowest BCUT2D eigenvalue weighted by Crippen LogP contribution is -2.34. The number of hydrogen-bond donors (Lipinski definition) is 3. The number of likely N-dealkylation sites (tertiary alicyclic amines) is 1. The van der Waals surface area contributed by atoms with Crippen molar-refractivity contribution >= 4 is 29.4 Å². The van der Waals surface area contributed by atoms with Gasteiger partial charge < -0.3 is 16.0 Å². The molecule has 0 spiro atoms. The smallest absolute Gasteiger partial charge is 0.319 e. The zero-order valence-corrected chi connectivity index (χ0v) is 17.6. The van der Waals surface area contributed by atoms with Crippen LogP contribution in [0.15, 0.2) is 48.5 Å². The van der Waals surface area contributed by atoms with Crippen LogP contribution in [-0.2, 0) is 22.7 Å². The summed E-state index contributed by atoms with van der Waals surface area (Å²) < 4.78 is 0. The van der Waals surface area contributed by atoms with E-state index in [1.165, 1.54) is 4.90 Å². The van der Waals surface area contributed by atoms with Crippen molar-refractivity contribution in [3.8, 4) is 0 Å². The number of rotatable bonds is 7. The van der Waals surface area contributed by atoms with Gasteiger partial charge in [0.15, 0.2) is 0 Å². The maximum absolute atomic E-state index is 12.4. The van der Waals surface area contributed by atoms with E-state index < -0.39 is 0 Å². The molecule has 0 atom stereocenters. The second-order valence-electron chi connectivity index (χ2n) is 7.70. The molecule has 0 unspecified atom stereocenters. The Bertz CT molecular complexity index is 952. The number of carbonyl (C=O) groups is 4. The first-order valence-electron chi connectivity index (χ1n) is 10.2. The lowest BCUT2D eigenvalue weighted by atomic mass is 10.1. The van der Waals surface area contributed by atoms with Crippen LogP contribution in [0, 0.1) is 0 Å². The number of urea groups is 1. The average molecular weight is 422 g/mol. The Kier molecular flexibility index (Phi) is 7.02. The van der Waals surface area contributed by atoms with Crippen molar-refractivity contribution in [2.45, 2.75) is 45.8 Å². The van der Waals surface area contributed by atoms with E-state index in [1.54, 1.807) is 36.4 Å². The molecular weight excluding hydrogens is 396 g/mol. The van der Waals surface area contributed by atoms with Gasteiger partial charge in [-0.25, -0.2) is 4.79 Å². The Balaban J connectivity index is 1.49. The molecule has 1 saturated heterocycles. The molecule has 1 fully saturated rings. The van der Waals surface area contributed by atoms with Gasteiger partial charge in [0.2, 0.25) is 11.8 Å². The van der Waals surface area contributed by atoms with E-state index in [1.807, 2.05) is 26.0 Å². The number of hydrogen-bond acceptors (Lipinski definition) is 4. The monoisotopic (exact) mass is 422 g/mol. The molecular formula is C23H26N4O4. The lowest BCUT2D eigenvalue weighted by Gasteiger charge is -2.14. The van der Waals surface area contributed by atoms with Crippen LogP contribution in [0.2, 0.25) is 0 Å². The highest BCUT2D eigenvalue weighted by Crippen LogP contribution is 2.16. The van der Waals surface area contributed by atoms with E-state index in [0.717, 1.165) is 11.1 Å². The van der Waals surface area contributed by atoms with Gasteiger partial charge in [0.05, 0.1) is 6.54 Å². The summed E-state index contributed by atoms with van der Waals surface area (Å²) in [4.78, 5) is 48.8. The summed E-state index contributed by atoms with van der Waals surface area (Å²) in [5.41, 5.74) is 2.85. The Hall–Kier alpha value is -3.68. The molecule has 31 heavy (non-hydrogen) atoms. The third kappa shape index (κ3) is 6.15. The number of imide groups is 1. The van der Waals surface area contributed by atoms with E-state index in [0.29, 0.717) is 17.8 Å². The summed E-state index contributed by atoms with van der Waals surface area (Å²) in [6, 6.07) is 13.8. The molecule has 1 heterocycles. The van der Waals surface area contributed by atoms with Crippen molar-refractivity contribution in [2.24, 2.45) is 0 Å². The number of carbonyl (C=O) groups excluding carboxylic acids is 4. The molecule has 3 rings (SSSR count). The van der Waals surface area contributed by atoms with Crippen molar-refractivity contribution in [2.75, 3.05) is 5.32 Å². The van der Waals surface area contributed by atoms with Crippen LogP contribution in [0.5, 0.6) is 0 Å². The molecule has 1 aliphatic rings. The Morgan fingerprint density at radius 2 is 1.48 bits per heavy atom. The Morgan fingerprint density at radius 3 is 2.06 bits per heavy atom. The van der Waals surface area contributed by atoms with Gasteiger partial charge in [-0.2, -0.15) is 0 Å². The molecule has 2 aromatic carbocycles. The average Bonchev–Trinajstić information content (AvgIpc) is 3.05. The highest BCUT2D eigenvalue weighted by Gasteiger charge is 2.28. The fraction of sp³-hybridized carbons (Fsp3) is 0.304. The van der Waals surface area contributed by atoms with E-state index in [9.17, 15) is 19.2 Å². The van der Waals surface area contributed by atoms with E-state index >= 15 is 0 Å². The van der Waals surface area contributed by atoms with Crippen LogP contribution in [0.25, 0.3) is 0 Å². The van der Waals surface area contributed by atoms with Crippen LogP contribution in [0.4, 0.5) is 10.5 Å². The van der Waals surface area contributed by atoms with Crippen molar-refractivity contribution in [1.29, 1.82) is 0 Å². The van der Waals surface area contributed by atoms with Crippen LogP contribution in [0.3, 0.4) is 0 Å². The quantitative estimate of drug-likeness (QED) is 0.596. The van der Waals surface area contributed by atoms with E-state index in [-0.39, 0.29) is 49.2 Å². The van der Waals surface area contributed by atoms with Gasteiger partial charge in [0.1, 0.15) is 0 Å². The normalized spacial score (nSPS) is 13.5. The van der Waals surface area contributed by atoms with E-state index in [4.69, 9.17) is 0 Å². The minimum absolute atomic E-state index is 0.0498. The standard InChI is InChI=1S/C23H26N4O4/c1-15(2)25-23(31)26-19-9-5-16(6-10-19)13-24-22(30)18-7-3-17(4-8-18)14-27-20(28)11-12-21(27)29/h3-10,15H,11-14H2,1-2H3,(H,24,30)(H2,25,26,31). The fourth-order valence-corrected chi connectivity index (χ4v) is 3.16. The Labute approximate surface area is 181 Å². The molecule has 5 amide bonds. The highest BCUT2D eigenvalue weighted by molar-refractivity contribution is 6.01. The first-order valence-corrected chi connectivity index (χ1v) is 10.2. The molecule has 8 heteroatoms.